The Balaban J connectivity index is 1.57. The van der Waals surface area contributed by atoms with E-state index in [0.29, 0.717) is 10.8 Å². The van der Waals surface area contributed by atoms with Gasteiger partial charge in [0.05, 0.1) is 5.69 Å². The molecule has 3 rings (SSSR count). The molecule has 0 radical (unpaired) electrons. The normalized spacial score (nSPS) is 15.0. The number of rotatable bonds is 5. The van der Waals surface area contributed by atoms with Crippen molar-refractivity contribution in [1.29, 1.82) is 0 Å². The Labute approximate surface area is 170 Å². The maximum Gasteiger partial charge on any atom is 0.387 e. The van der Waals surface area contributed by atoms with Crippen molar-refractivity contribution in [3.63, 3.8) is 0 Å². The van der Waals surface area contributed by atoms with E-state index in [1.165, 1.54) is 17.2 Å². The molecule has 0 spiro atoms. The first-order valence-electron chi connectivity index (χ1n) is 9.30. The van der Waals surface area contributed by atoms with Crippen molar-refractivity contribution in [2.45, 2.75) is 27.0 Å². The van der Waals surface area contributed by atoms with Crippen LogP contribution in [0.1, 0.15) is 16.7 Å². The Hall–Kier alpha value is -2.25. The predicted molar refractivity (Wildman–Crippen MR) is 112 cm³/mol. The molecule has 0 aromatic heterocycles. The summed E-state index contributed by atoms with van der Waals surface area (Å²) in [5, 5.41) is 3.61. The van der Waals surface area contributed by atoms with Crippen LogP contribution < -0.4 is 10.1 Å². The summed E-state index contributed by atoms with van der Waals surface area (Å²) >= 11 is 5.51. The van der Waals surface area contributed by atoms with E-state index in [-0.39, 0.29) is 5.75 Å². The molecule has 7 heteroatoms. The highest BCUT2D eigenvalue weighted by Gasteiger charge is 2.20. The van der Waals surface area contributed by atoms with E-state index in [4.69, 9.17) is 12.2 Å². The number of nitrogens with zero attached hydrogens (tertiary/aromatic N) is 2. The Bertz CT molecular complexity index is 823. The quantitative estimate of drug-likeness (QED) is 0.744. The second-order valence-electron chi connectivity index (χ2n) is 7.00. The molecule has 1 aliphatic rings. The smallest absolute Gasteiger partial charge is 0.387 e. The largest absolute Gasteiger partial charge is 0.433 e. The molecule has 1 saturated heterocycles. The molecule has 2 aromatic rings. The van der Waals surface area contributed by atoms with E-state index in [1.54, 1.807) is 12.1 Å². The summed E-state index contributed by atoms with van der Waals surface area (Å²) in [5.41, 5.74) is 4.04. The van der Waals surface area contributed by atoms with Gasteiger partial charge in [-0.05, 0) is 54.9 Å². The Morgan fingerprint density at radius 1 is 1.11 bits per heavy atom. The lowest BCUT2D eigenvalue weighted by molar-refractivity contribution is -0.0493. The average Bonchev–Trinajstić information content (AvgIpc) is 2.66. The van der Waals surface area contributed by atoms with Gasteiger partial charge in [0, 0.05) is 32.7 Å². The van der Waals surface area contributed by atoms with Crippen molar-refractivity contribution in [1.82, 2.24) is 9.80 Å². The van der Waals surface area contributed by atoms with E-state index in [9.17, 15) is 8.78 Å². The highest BCUT2D eigenvalue weighted by Crippen LogP contribution is 2.27. The lowest BCUT2D eigenvalue weighted by Crippen LogP contribution is -2.49. The second kappa shape index (κ2) is 9.30. The van der Waals surface area contributed by atoms with E-state index in [0.717, 1.165) is 38.3 Å². The van der Waals surface area contributed by atoms with Gasteiger partial charge in [-0.25, -0.2) is 0 Å². The third kappa shape index (κ3) is 5.39. The minimum absolute atomic E-state index is 0.0983. The summed E-state index contributed by atoms with van der Waals surface area (Å²) < 4.78 is 29.9. The number of thiocarbonyl (C=S) groups is 1. The van der Waals surface area contributed by atoms with Gasteiger partial charge in [0.2, 0.25) is 0 Å². The van der Waals surface area contributed by atoms with Crippen LogP contribution in [-0.4, -0.2) is 47.7 Å². The van der Waals surface area contributed by atoms with E-state index in [1.807, 2.05) is 6.92 Å². The SMILES string of the molecule is Cc1ccc(OC(F)F)c(NC(=S)N2CCN(Cc3ccccc3C)CC2)c1. The summed E-state index contributed by atoms with van der Waals surface area (Å²) in [7, 11) is 0. The number of benzene rings is 2. The van der Waals surface area contributed by atoms with Crippen LogP contribution in [0.5, 0.6) is 5.75 Å². The Morgan fingerprint density at radius 2 is 1.82 bits per heavy atom. The fourth-order valence-corrected chi connectivity index (χ4v) is 3.56. The highest BCUT2D eigenvalue weighted by atomic mass is 32.1. The summed E-state index contributed by atoms with van der Waals surface area (Å²) in [6.07, 6.45) is 0. The number of hydrogen-bond acceptors (Lipinski definition) is 3. The molecular weight excluding hydrogens is 380 g/mol. The molecule has 0 bridgehead atoms. The fraction of sp³-hybridized carbons (Fsp3) is 0.381. The molecule has 0 atom stereocenters. The minimum atomic E-state index is -2.87. The van der Waals surface area contributed by atoms with Gasteiger partial charge in [-0.1, -0.05) is 30.3 Å². The molecule has 150 valence electrons. The summed E-state index contributed by atoms with van der Waals surface area (Å²) in [5.74, 6) is 0.0983. The van der Waals surface area contributed by atoms with Crippen molar-refractivity contribution in [3.05, 3.63) is 59.2 Å². The van der Waals surface area contributed by atoms with E-state index >= 15 is 0 Å². The lowest BCUT2D eigenvalue weighted by atomic mass is 10.1. The lowest BCUT2D eigenvalue weighted by Gasteiger charge is -2.36. The van der Waals surface area contributed by atoms with Crippen molar-refractivity contribution >= 4 is 23.0 Å². The van der Waals surface area contributed by atoms with Crippen molar-refractivity contribution in [2.75, 3.05) is 31.5 Å². The van der Waals surface area contributed by atoms with Crippen molar-refractivity contribution in [2.24, 2.45) is 0 Å². The average molecular weight is 406 g/mol. The predicted octanol–water partition coefficient (Wildman–Crippen LogP) is 4.42. The second-order valence-corrected chi connectivity index (χ2v) is 7.38. The van der Waals surface area contributed by atoms with Crippen molar-refractivity contribution < 1.29 is 13.5 Å². The maximum atomic E-state index is 12.6. The molecule has 1 N–H and O–H groups in total. The first-order chi connectivity index (χ1) is 13.4. The van der Waals surface area contributed by atoms with Crippen LogP contribution in [0.4, 0.5) is 14.5 Å². The zero-order chi connectivity index (χ0) is 20.1. The molecule has 0 aliphatic carbocycles. The first kappa shape index (κ1) is 20.5. The summed E-state index contributed by atoms with van der Waals surface area (Å²) in [4.78, 5) is 4.47. The highest BCUT2D eigenvalue weighted by molar-refractivity contribution is 7.80. The van der Waals surface area contributed by atoms with Crippen LogP contribution in [0, 0.1) is 13.8 Å². The number of hydrogen-bond donors (Lipinski definition) is 1. The van der Waals surface area contributed by atoms with E-state index in [2.05, 4.69) is 51.0 Å². The Kier molecular flexibility index (Phi) is 6.80. The van der Waals surface area contributed by atoms with Gasteiger partial charge in [0.25, 0.3) is 0 Å². The van der Waals surface area contributed by atoms with Gasteiger partial charge in [0.15, 0.2) is 5.11 Å². The van der Waals surface area contributed by atoms with Crippen LogP contribution in [0.3, 0.4) is 0 Å². The number of halogens is 2. The first-order valence-corrected chi connectivity index (χ1v) is 9.71. The van der Waals surface area contributed by atoms with Crippen LogP contribution >= 0.6 is 12.2 Å². The number of piperazine rings is 1. The molecule has 0 amide bonds. The van der Waals surface area contributed by atoms with Gasteiger partial charge in [0.1, 0.15) is 5.75 Å². The molecule has 0 saturated carbocycles. The third-order valence-corrected chi connectivity index (χ3v) is 5.27. The zero-order valence-electron chi connectivity index (χ0n) is 16.1. The topological polar surface area (TPSA) is 27.7 Å². The number of nitrogens with one attached hydrogen (secondary N) is 1. The minimum Gasteiger partial charge on any atom is -0.433 e. The molecule has 1 fully saturated rings. The van der Waals surface area contributed by atoms with E-state index < -0.39 is 6.61 Å². The molecule has 1 heterocycles. The molecule has 28 heavy (non-hydrogen) atoms. The van der Waals surface area contributed by atoms with Gasteiger partial charge in [-0.2, -0.15) is 8.78 Å². The van der Waals surface area contributed by atoms with Crippen LogP contribution in [0.2, 0.25) is 0 Å². The zero-order valence-corrected chi connectivity index (χ0v) is 16.9. The molecule has 4 nitrogen and oxygen atoms in total. The Morgan fingerprint density at radius 3 is 2.50 bits per heavy atom. The van der Waals surface area contributed by atoms with Gasteiger partial charge in [-0.3, -0.25) is 4.90 Å². The standard InChI is InChI=1S/C21H25F2N3OS/c1-15-7-8-19(27-20(22)23)18(13-15)24-21(28)26-11-9-25(10-12-26)14-17-6-4-3-5-16(17)2/h3-8,13,20H,9-12,14H2,1-2H3,(H,24,28). The van der Waals surface area contributed by atoms with Crippen LogP contribution in [0.15, 0.2) is 42.5 Å². The van der Waals surface area contributed by atoms with Crippen molar-refractivity contribution in [3.8, 4) is 5.75 Å². The maximum absolute atomic E-state index is 12.6. The van der Waals surface area contributed by atoms with Gasteiger partial charge < -0.3 is 15.0 Å². The number of alkyl halides is 2. The third-order valence-electron chi connectivity index (χ3n) is 4.91. The van der Waals surface area contributed by atoms with Crippen LogP contribution in [0.25, 0.3) is 0 Å². The van der Waals surface area contributed by atoms with Gasteiger partial charge >= 0.3 is 6.61 Å². The number of anilines is 1. The summed E-state index contributed by atoms with van der Waals surface area (Å²) in [6, 6.07) is 13.4. The monoisotopic (exact) mass is 405 g/mol. The molecule has 2 aromatic carbocycles. The number of aryl methyl sites for hydroxylation is 2. The van der Waals surface area contributed by atoms with Gasteiger partial charge in [-0.15, -0.1) is 0 Å². The van der Waals surface area contributed by atoms with Crippen LogP contribution in [-0.2, 0) is 6.54 Å². The fourth-order valence-electron chi connectivity index (χ4n) is 3.27. The molecule has 0 unspecified atom stereocenters. The molecule has 1 aliphatic heterocycles. The summed E-state index contributed by atoms with van der Waals surface area (Å²) in [6.45, 7) is 5.43. The number of ether oxygens (including phenoxy) is 1. The molecular formula is C21H25F2N3OS.